The number of rotatable bonds is 2. The van der Waals surface area contributed by atoms with E-state index in [1.807, 2.05) is 26.0 Å². The summed E-state index contributed by atoms with van der Waals surface area (Å²) in [4.78, 5) is 16.1. The van der Waals surface area contributed by atoms with E-state index in [0.29, 0.717) is 0 Å². The SMILES string of the molecule is Cc1cc(NC(=O)C2(C)CCCN2)ccn1. The van der Waals surface area contributed by atoms with Crippen LogP contribution in [0.25, 0.3) is 0 Å². The normalized spacial score (nSPS) is 24.4. The molecule has 1 aliphatic rings. The summed E-state index contributed by atoms with van der Waals surface area (Å²) in [6.07, 6.45) is 3.65. The van der Waals surface area contributed by atoms with Crippen molar-refractivity contribution in [2.24, 2.45) is 0 Å². The first-order chi connectivity index (χ1) is 7.60. The van der Waals surface area contributed by atoms with Gasteiger partial charge in [0.05, 0.1) is 5.54 Å². The number of carbonyl (C=O) groups excluding carboxylic acids is 1. The molecule has 1 atom stereocenters. The molecule has 0 aliphatic carbocycles. The number of hydrogen-bond donors (Lipinski definition) is 2. The van der Waals surface area contributed by atoms with Gasteiger partial charge in [-0.1, -0.05) is 0 Å². The average molecular weight is 219 g/mol. The number of nitrogens with one attached hydrogen (secondary N) is 2. The fourth-order valence-electron chi connectivity index (χ4n) is 1.98. The molecule has 1 saturated heterocycles. The Bertz CT molecular complexity index is 397. The van der Waals surface area contributed by atoms with Crippen LogP contribution in [0.5, 0.6) is 0 Å². The summed E-state index contributed by atoms with van der Waals surface area (Å²) < 4.78 is 0. The van der Waals surface area contributed by atoms with Gasteiger partial charge in [-0.25, -0.2) is 0 Å². The van der Waals surface area contributed by atoms with E-state index in [-0.39, 0.29) is 5.91 Å². The number of carbonyl (C=O) groups is 1. The Morgan fingerprint density at radius 2 is 2.44 bits per heavy atom. The van der Waals surface area contributed by atoms with E-state index < -0.39 is 5.54 Å². The summed E-state index contributed by atoms with van der Waals surface area (Å²) in [5.41, 5.74) is 1.30. The van der Waals surface area contributed by atoms with Gasteiger partial charge < -0.3 is 10.6 Å². The molecular formula is C12H17N3O. The van der Waals surface area contributed by atoms with Crippen LogP contribution in [0.3, 0.4) is 0 Å². The van der Waals surface area contributed by atoms with Crippen LogP contribution in [0, 0.1) is 6.92 Å². The van der Waals surface area contributed by atoms with Gasteiger partial charge in [-0.05, 0) is 45.4 Å². The fourth-order valence-corrected chi connectivity index (χ4v) is 1.98. The van der Waals surface area contributed by atoms with Crippen molar-refractivity contribution in [2.75, 3.05) is 11.9 Å². The van der Waals surface area contributed by atoms with Gasteiger partial charge in [-0.3, -0.25) is 9.78 Å². The minimum absolute atomic E-state index is 0.0376. The molecule has 1 aromatic heterocycles. The molecule has 0 aromatic carbocycles. The van der Waals surface area contributed by atoms with E-state index in [1.165, 1.54) is 0 Å². The first kappa shape index (κ1) is 11.1. The summed E-state index contributed by atoms with van der Waals surface area (Å²) in [5, 5.41) is 6.16. The number of amides is 1. The van der Waals surface area contributed by atoms with Gasteiger partial charge in [0.15, 0.2) is 0 Å². The summed E-state index contributed by atoms with van der Waals surface area (Å²) in [5.74, 6) is 0.0376. The van der Waals surface area contributed by atoms with Gasteiger partial charge in [0.1, 0.15) is 0 Å². The zero-order valence-electron chi connectivity index (χ0n) is 9.71. The summed E-state index contributed by atoms with van der Waals surface area (Å²) in [6, 6.07) is 3.68. The van der Waals surface area contributed by atoms with E-state index in [9.17, 15) is 4.79 Å². The third-order valence-corrected chi connectivity index (χ3v) is 3.02. The van der Waals surface area contributed by atoms with Crippen LogP contribution in [0.1, 0.15) is 25.5 Å². The summed E-state index contributed by atoms with van der Waals surface area (Å²) >= 11 is 0. The van der Waals surface area contributed by atoms with E-state index in [2.05, 4.69) is 15.6 Å². The van der Waals surface area contributed by atoms with E-state index in [0.717, 1.165) is 30.8 Å². The molecule has 0 spiro atoms. The second-order valence-electron chi connectivity index (χ2n) is 4.50. The molecule has 1 unspecified atom stereocenters. The van der Waals surface area contributed by atoms with Gasteiger partial charge in [-0.15, -0.1) is 0 Å². The lowest BCUT2D eigenvalue weighted by Crippen LogP contribution is -2.47. The number of hydrogen-bond acceptors (Lipinski definition) is 3. The molecule has 4 nitrogen and oxygen atoms in total. The predicted octanol–water partition coefficient (Wildman–Crippen LogP) is 1.47. The molecule has 1 fully saturated rings. The molecule has 0 radical (unpaired) electrons. The average Bonchev–Trinajstić information content (AvgIpc) is 2.66. The number of aryl methyl sites for hydroxylation is 1. The molecule has 1 aliphatic heterocycles. The first-order valence-corrected chi connectivity index (χ1v) is 5.59. The Labute approximate surface area is 95.5 Å². The fraction of sp³-hybridized carbons (Fsp3) is 0.500. The van der Waals surface area contributed by atoms with Crippen molar-refractivity contribution >= 4 is 11.6 Å². The van der Waals surface area contributed by atoms with Crippen LogP contribution in [0.4, 0.5) is 5.69 Å². The number of pyridine rings is 1. The molecule has 16 heavy (non-hydrogen) atoms. The van der Waals surface area contributed by atoms with Gasteiger partial charge in [-0.2, -0.15) is 0 Å². The lowest BCUT2D eigenvalue weighted by atomic mass is 9.99. The third kappa shape index (κ3) is 2.22. The van der Waals surface area contributed by atoms with Crippen molar-refractivity contribution in [3.05, 3.63) is 24.0 Å². The van der Waals surface area contributed by atoms with E-state index in [1.54, 1.807) is 6.20 Å². The van der Waals surface area contributed by atoms with Crippen LogP contribution in [-0.2, 0) is 4.79 Å². The summed E-state index contributed by atoms with van der Waals surface area (Å²) in [7, 11) is 0. The third-order valence-electron chi connectivity index (χ3n) is 3.02. The monoisotopic (exact) mass is 219 g/mol. The summed E-state index contributed by atoms with van der Waals surface area (Å²) in [6.45, 7) is 4.77. The van der Waals surface area contributed by atoms with Crippen LogP contribution < -0.4 is 10.6 Å². The van der Waals surface area contributed by atoms with E-state index in [4.69, 9.17) is 0 Å². The maximum absolute atomic E-state index is 12.1. The Morgan fingerprint density at radius 1 is 1.62 bits per heavy atom. The second-order valence-corrected chi connectivity index (χ2v) is 4.50. The minimum Gasteiger partial charge on any atom is -0.324 e. The Morgan fingerprint density at radius 3 is 3.06 bits per heavy atom. The topological polar surface area (TPSA) is 54.0 Å². The van der Waals surface area contributed by atoms with Gasteiger partial charge in [0.2, 0.25) is 5.91 Å². The molecule has 2 N–H and O–H groups in total. The molecular weight excluding hydrogens is 202 g/mol. The maximum Gasteiger partial charge on any atom is 0.244 e. The van der Waals surface area contributed by atoms with E-state index >= 15 is 0 Å². The van der Waals surface area contributed by atoms with Gasteiger partial charge in [0.25, 0.3) is 0 Å². The highest BCUT2D eigenvalue weighted by molar-refractivity contribution is 5.98. The Hall–Kier alpha value is -1.42. The second kappa shape index (κ2) is 4.22. The zero-order valence-corrected chi connectivity index (χ0v) is 9.71. The van der Waals surface area contributed by atoms with Crippen molar-refractivity contribution in [3.8, 4) is 0 Å². The van der Waals surface area contributed by atoms with Crippen LogP contribution in [0.2, 0.25) is 0 Å². The zero-order chi connectivity index (χ0) is 11.6. The highest BCUT2D eigenvalue weighted by atomic mass is 16.2. The highest BCUT2D eigenvalue weighted by Crippen LogP contribution is 2.20. The molecule has 1 aromatic rings. The standard InChI is InChI=1S/C12H17N3O/c1-9-8-10(4-7-13-9)15-11(16)12(2)5-3-6-14-12/h4,7-8,14H,3,5-6H2,1-2H3,(H,13,15,16). The van der Waals surface area contributed by atoms with Crippen LogP contribution in [-0.4, -0.2) is 23.0 Å². The Kier molecular flexibility index (Phi) is 2.92. The molecule has 86 valence electrons. The molecule has 4 heteroatoms. The minimum atomic E-state index is -0.419. The smallest absolute Gasteiger partial charge is 0.244 e. The molecule has 2 heterocycles. The van der Waals surface area contributed by atoms with Gasteiger partial charge in [0, 0.05) is 17.6 Å². The lowest BCUT2D eigenvalue weighted by Gasteiger charge is -2.23. The predicted molar refractivity (Wildman–Crippen MR) is 63.2 cm³/mol. The molecule has 0 saturated carbocycles. The van der Waals surface area contributed by atoms with Crippen molar-refractivity contribution in [2.45, 2.75) is 32.2 Å². The maximum atomic E-state index is 12.1. The molecule has 0 bridgehead atoms. The number of anilines is 1. The lowest BCUT2D eigenvalue weighted by molar-refractivity contribution is -0.121. The highest BCUT2D eigenvalue weighted by Gasteiger charge is 2.35. The number of nitrogens with zero attached hydrogens (tertiary/aromatic N) is 1. The quantitative estimate of drug-likeness (QED) is 0.792. The van der Waals surface area contributed by atoms with Crippen molar-refractivity contribution in [3.63, 3.8) is 0 Å². The van der Waals surface area contributed by atoms with Gasteiger partial charge >= 0.3 is 0 Å². The van der Waals surface area contributed by atoms with Crippen molar-refractivity contribution in [1.29, 1.82) is 0 Å². The van der Waals surface area contributed by atoms with Crippen molar-refractivity contribution < 1.29 is 4.79 Å². The van der Waals surface area contributed by atoms with Crippen LogP contribution in [0.15, 0.2) is 18.3 Å². The number of aromatic nitrogens is 1. The Balaban J connectivity index is 2.07. The molecule has 1 amide bonds. The van der Waals surface area contributed by atoms with Crippen LogP contribution >= 0.6 is 0 Å². The van der Waals surface area contributed by atoms with Crippen molar-refractivity contribution in [1.82, 2.24) is 10.3 Å². The largest absolute Gasteiger partial charge is 0.324 e. The first-order valence-electron chi connectivity index (χ1n) is 5.59. The molecule has 2 rings (SSSR count).